The Morgan fingerprint density at radius 1 is 1.00 bits per heavy atom. The summed E-state index contributed by atoms with van der Waals surface area (Å²) in [6, 6.07) is 13.8. The van der Waals surface area contributed by atoms with Crippen LogP contribution < -0.4 is 14.8 Å². The number of nitrogens with zero attached hydrogens (tertiary/aromatic N) is 1. The van der Waals surface area contributed by atoms with Crippen molar-refractivity contribution in [3.63, 3.8) is 0 Å². The number of phenols is 1. The van der Waals surface area contributed by atoms with Gasteiger partial charge in [-0.2, -0.15) is 0 Å². The van der Waals surface area contributed by atoms with E-state index < -0.39 is 0 Å². The van der Waals surface area contributed by atoms with E-state index in [9.17, 15) is 9.90 Å². The molecule has 0 aliphatic carbocycles. The van der Waals surface area contributed by atoms with Crippen LogP contribution >= 0.6 is 0 Å². The lowest BCUT2D eigenvalue weighted by molar-refractivity contribution is 0.102. The Kier molecular flexibility index (Phi) is 4.51. The molecule has 1 amide bonds. The van der Waals surface area contributed by atoms with Crippen molar-refractivity contribution >= 4 is 22.7 Å². The Labute approximate surface area is 178 Å². The van der Waals surface area contributed by atoms with Crippen LogP contribution in [0.1, 0.15) is 21.5 Å². The van der Waals surface area contributed by atoms with Gasteiger partial charge in [-0.3, -0.25) is 4.79 Å². The highest BCUT2D eigenvalue weighted by atomic mass is 16.6. The first-order valence-corrected chi connectivity index (χ1v) is 9.90. The van der Waals surface area contributed by atoms with Crippen molar-refractivity contribution in [3.05, 3.63) is 65.2 Å². The van der Waals surface area contributed by atoms with Gasteiger partial charge >= 0.3 is 0 Å². The van der Waals surface area contributed by atoms with Gasteiger partial charge in [-0.1, -0.05) is 6.07 Å². The summed E-state index contributed by atoms with van der Waals surface area (Å²) in [6.07, 6.45) is 0. The topological polar surface area (TPSA) is 93.8 Å². The summed E-state index contributed by atoms with van der Waals surface area (Å²) in [6.45, 7) is 4.89. The van der Waals surface area contributed by atoms with Crippen LogP contribution in [0.4, 0.5) is 5.69 Å². The summed E-state index contributed by atoms with van der Waals surface area (Å²) in [4.78, 5) is 17.1. The number of hydrogen-bond acceptors (Lipinski definition) is 6. The molecule has 31 heavy (non-hydrogen) atoms. The summed E-state index contributed by atoms with van der Waals surface area (Å²) >= 11 is 0. The van der Waals surface area contributed by atoms with E-state index in [2.05, 4.69) is 10.3 Å². The third-order valence-electron chi connectivity index (χ3n) is 5.11. The number of carbonyl (C=O) groups excluding carboxylic acids is 1. The van der Waals surface area contributed by atoms with E-state index in [-0.39, 0.29) is 11.7 Å². The Balaban J connectivity index is 1.39. The van der Waals surface area contributed by atoms with Crippen molar-refractivity contribution in [2.24, 2.45) is 0 Å². The summed E-state index contributed by atoms with van der Waals surface area (Å²) in [5.74, 6) is 1.12. The summed E-state index contributed by atoms with van der Waals surface area (Å²) < 4.78 is 16.9. The standard InChI is InChI=1S/C24H20N2O5/c1-13-9-14(2)22-18(10-13)26-24(31-22)17-5-4-16(12-19(17)27)25-23(28)15-3-6-20-21(11-15)30-8-7-29-20/h3-6,9-12,27H,7-8H2,1-2H3,(H,25,28). The summed E-state index contributed by atoms with van der Waals surface area (Å²) in [5, 5.41) is 13.3. The van der Waals surface area contributed by atoms with Crippen LogP contribution in [-0.2, 0) is 0 Å². The molecule has 7 heteroatoms. The highest BCUT2D eigenvalue weighted by Gasteiger charge is 2.17. The molecule has 3 aromatic carbocycles. The lowest BCUT2D eigenvalue weighted by Gasteiger charge is -2.18. The molecule has 1 aromatic heterocycles. The minimum absolute atomic E-state index is 0.0408. The van der Waals surface area contributed by atoms with Gasteiger partial charge in [-0.15, -0.1) is 0 Å². The van der Waals surface area contributed by atoms with Crippen LogP contribution in [-0.4, -0.2) is 29.2 Å². The van der Waals surface area contributed by atoms with E-state index in [1.165, 1.54) is 6.07 Å². The first-order valence-electron chi connectivity index (χ1n) is 9.90. The fourth-order valence-electron chi connectivity index (χ4n) is 3.67. The third-order valence-corrected chi connectivity index (χ3v) is 5.11. The van der Waals surface area contributed by atoms with Gasteiger partial charge in [0.25, 0.3) is 5.91 Å². The van der Waals surface area contributed by atoms with Crippen LogP contribution in [0, 0.1) is 13.8 Å². The Morgan fingerprint density at radius 3 is 2.61 bits per heavy atom. The largest absolute Gasteiger partial charge is 0.507 e. The molecule has 0 saturated carbocycles. The first-order chi connectivity index (χ1) is 15.0. The quantitative estimate of drug-likeness (QED) is 0.496. The van der Waals surface area contributed by atoms with Crippen molar-refractivity contribution in [3.8, 4) is 28.7 Å². The van der Waals surface area contributed by atoms with Gasteiger partial charge in [0.2, 0.25) is 5.89 Å². The number of aryl methyl sites for hydroxylation is 2. The third kappa shape index (κ3) is 3.54. The van der Waals surface area contributed by atoms with Gasteiger partial charge < -0.3 is 24.3 Å². The number of phenolic OH excluding ortho intramolecular Hbond substituents is 1. The lowest BCUT2D eigenvalue weighted by Crippen LogP contribution is -2.17. The van der Waals surface area contributed by atoms with E-state index in [4.69, 9.17) is 13.9 Å². The first kappa shape index (κ1) is 19.0. The lowest BCUT2D eigenvalue weighted by atomic mass is 10.1. The van der Waals surface area contributed by atoms with Gasteiger partial charge in [-0.25, -0.2) is 4.98 Å². The zero-order valence-corrected chi connectivity index (χ0v) is 17.1. The molecule has 5 rings (SSSR count). The van der Waals surface area contributed by atoms with Crippen molar-refractivity contribution < 1.29 is 23.8 Å². The molecule has 0 radical (unpaired) electrons. The van der Waals surface area contributed by atoms with E-state index in [1.54, 1.807) is 30.3 Å². The van der Waals surface area contributed by atoms with Gasteiger partial charge in [0.05, 0.1) is 5.56 Å². The van der Waals surface area contributed by atoms with Crippen molar-refractivity contribution in [2.45, 2.75) is 13.8 Å². The minimum Gasteiger partial charge on any atom is -0.507 e. The minimum atomic E-state index is -0.322. The molecule has 0 fully saturated rings. The molecule has 0 bridgehead atoms. The number of hydrogen-bond donors (Lipinski definition) is 2. The van der Waals surface area contributed by atoms with Gasteiger partial charge in [0, 0.05) is 17.3 Å². The number of benzene rings is 3. The molecule has 0 saturated heterocycles. The van der Waals surface area contributed by atoms with Crippen LogP contribution in [0.5, 0.6) is 17.2 Å². The second kappa shape index (κ2) is 7.36. The monoisotopic (exact) mass is 416 g/mol. The maximum Gasteiger partial charge on any atom is 0.255 e. The van der Waals surface area contributed by atoms with E-state index in [0.717, 1.165) is 16.6 Å². The number of amides is 1. The van der Waals surface area contributed by atoms with Gasteiger partial charge in [0.15, 0.2) is 17.1 Å². The number of nitrogens with one attached hydrogen (secondary N) is 1. The van der Waals surface area contributed by atoms with Crippen molar-refractivity contribution in [2.75, 3.05) is 18.5 Å². The Hall–Kier alpha value is -4.00. The normalized spacial score (nSPS) is 12.7. The number of aromatic nitrogens is 1. The van der Waals surface area contributed by atoms with Crippen LogP contribution in [0.25, 0.3) is 22.6 Å². The summed E-state index contributed by atoms with van der Waals surface area (Å²) in [5.41, 5.74) is 4.83. The SMILES string of the molecule is Cc1cc(C)c2oc(-c3ccc(NC(=O)c4ccc5c(c4)OCCO5)cc3O)nc2c1. The van der Waals surface area contributed by atoms with Crippen LogP contribution in [0.2, 0.25) is 0 Å². The van der Waals surface area contributed by atoms with E-state index in [1.807, 2.05) is 26.0 Å². The fourth-order valence-corrected chi connectivity index (χ4v) is 3.67. The Bertz CT molecular complexity index is 1330. The van der Waals surface area contributed by atoms with Crippen molar-refractivity contribution in [1.29, 1.82) is 0 Å². The number of aromatic hydroxyl groups is 1. The predicted octanol–water partition coefficient (Wildman–Crippen LogP) is 4.84. The fraction of sp³-hybridized carbons (Fsp3) is 0.167. The molecule has 2 heterocycles. The highest BCUT2D eigenvalue weighted by molar-refractivity contribution is 6.05. The molecule has 0 atom stereocenters. The number of ether oxygens (including phenoxy) is 2. The molecule has 1 aliphatic rings. The number of anilines is 1. The average molecular weight is 416 g/mol. The van der Waals surface area contributed by atoms with Crippen LogP contribution in [0.3, 0.4) is 0 Å². The molecular weight excluding hydrogens is 396 g/mol. The number of rotatable bonds is 3. The molecule has 2 N–H and O–H groups in total. The number of fused-ring (bicyclic) bond motifs is 2. The second-order valence-corrected chi connectivity index (χ2v) is 7.49. The molecule has 0 unspecified atom stereocenters. The van der Waals surface area contributed by atoms with E-state index in [0.29, 0.717) is 53.0 Å². The maximum absolute atomic E-state index is 12.6. The maximum atomic E-state index is 12.6. The number of carbonyl (C=O) groups is 1. The molecular formula is C24H20N2O5. The zero-order valence-electron chi connectivity index (χ0n) is 17.1. The zero-order chi connectivity index (χ0) is 21.5. The smallest absolute Gasteiger partial charge is 0.255 e. The number of oxazole rings is 1. The predicted molar refractivity (Wildman–Crippen MR) is 116 cm³/mol. The second-order valence-electron chi connectivity index (χ2n) is 7.49. The van der Waals surface area contributed by atoms with E-state index >= 15 is 0 Å². The Morgan fingerprint density at radius 2 is 1.81 bits per heavy atom. The molecule has 7 nitrogen and oxygen atoms in total. The molecule has 1 aliphatic heterocycles. The average Bonchev–Trinajstić information content (AvgIpc) is 3.17. The molecule has 4 aromatic rings. The molecule has 0 spiro atoms. The van der Waals surface area contributed by atoms with Crippen LogP contribution in [0.15, 0.2) is 52.9 Å². The van der Waals surface area contributed by atoms with Crippen molar-refractivity contribution in [1.82, 2.24) is 4.98 Å². The highest BCUT2D eigenvalue weighted by Crippen LogP contribution is 2.35. The van der Waals surface area contributed by atoms with Gasteiger partial charge in [0.1, 0.15) is 24.5 Å². The van der Waals surface area contributed by atoms with Gasteiger partial charge in [-0.05, 0) is 61.4 Å². The summed E-state index contributed by atoms with van der Waals surface area (Å²) in [7, 11) is 0. The molecule has 156 valence electrons.